The van der Waals surface area contributed by atoms with E-state index < -0.39 is 9.84 Å². The highest BCUT2D eigenvalue weighted by atomic mass is 32.2. The van der Waals surface area contributed by atoms with Crippen LogP contribution in [-0.4, -0.2) is 27.4 Å². The molecule has 3 aromatic rings. The largest absolute Gasteiger partial charge is 0.372 e. The highest BCUT2D eigenvalue weighted by Gasteiger charge is 2.18. The number of anilines is 1. The van der Waals surface area contributed by atoms with Gasteiger partial charge >= 0.3 is 0 Å². The maximum atomic E-state index is 12.6. The first-order valence-corrected chi connectivity index (χ1v) is 13.5. The Kier molecular flexibility index (Phi) is 7.68. The van der Waals surface area contributed by atoms with Gasteiger partial charge in [-0.3, -0.25) is 4.79 Å². The van der Waals surface area contributed by atoms with Crippen LogP contribution in [0.2, 0.25) is 0 Å². The van der Waals surface area contributed by atoms with E-state index in [1.165, 1.54) is 37.8 Å². The van der Waals surface area contributed by atoms with E-state index in [2.05, 4.69) is 41.5 Å². The first kappa shape index (κ1) is 24.0. The van der Waals surface area contributed by atoms with Gasteiger partial charge in [0.2, 0.25) is 0 Å². The molecular formula is C28H32N2O3S. The molecule has 1 amide bonds. The van der Waals surface area contributed by atoms with Crippen molar-refractivity contribution in [2.24, 2.45) is 0 Å². The molecule has 4 rings (SSSR count). The Balaban J connectivity index is 1.31. The van der Waals surface area contributed by atoms with Crippen LogP contribution in [0.4, 0.5) is 5.69 Å². The maximum Gasteiger partial charge on any atom is 0.251 e. The molecule has 1 N–H and O–H groups in total. The summed E-state index contributed by atoms with van der Waals surface area (Å²) in [6.45, 7) is 0.441. The van der Waals surface area contributed by atoms with Crippen molar-refractivity contribution >= 4 is 21.4 Å². The van der Waals surface area contributed by atoms with Gasteiger partial charge in [0.1, 0.15) is 0 Å². The first-order chi connectivity index (χ1) is 16.4. The highest BCUT2D eigenvalue weighted by molar-refractivity contribution is 7.90. The molecule has 0 bridgehead atoms. The van der Waals surface area contributed by atoms with Gasteiger partial charge in [0.15, 0.2) is 9.84 Å². The molecule has 34 heavy (non-hydrogen) atoms. The topological polar surface area (TPSA) is 66.5 Å². The van der Waals surface area contributed by atoms with E-state index in [-0.39, 0.29) is 11.7 Å². The molecule has 0 radical (unpaired) electrons. The average Bonchev–Trinajstić information content (AvgIpc) is 2.88. The predicted molar refractivity (Wildman–Crippen MR) is 137 cm³/mol. The summed E-state index contributed by atoms with van der Waals surface area (Å²) >= 11 is 0. The summed E-state index contributed by atoms with van der Waals surface area (Å²) in [6, 6.07) is 24.1. The Labute approximate surface area is 202 Å². The summed E-state index contributed by atoms with van der Waals surface area (Å²) in [5.74, 6) is -0.276. The minimum atomic E-state index is -3.41. The summed E-state index contributed by atoms with van der Waals surface area (Å²) in [5, 5.41) is 2.95. The van der Waals surface area contributed by atoms with E-state index in [0.717, 1.165) is 5.56 Å². The van der Waals surface area contributed by atoms with Crippen molar-refractivity contribution in [3.63, 3.8) is 0 Å². The van der Waals surface area contributed by atoms with Gasteiger partial charge < -0.3 is 10.2 Å². The third-order valence-electron chi connectivity index (χ3n) is 6.59. The Morgan fingerprint density at radius 2 is 1.47 bits per heavy atom. The molecule has 1 fully saturated rings. The SMILES string of the molecule is CN(c1ccc(CNC(=O)c2ccc(CS(=O)(=O)c3ccccc3)cc2)cc1)C1CCCCC1. The van der Waals surface area contributed by atoms with E-state index >= 15 is 0 Å². The van der Waals surface area contributed by atoms with E-state index in [9.17, 15) is 13.2 Å². The Morgan fingerprint density at radius 1 is 0.853 bits per heavy atom. The fourth-order valence-corrected chi connectivity index (χ4v) is 5.87. The van der Waals surface area contributed by atoms with Crippen LogP contribution in [-0.2, 0) is 22.1 Å². The van der Waals surface area contributed by atoms with Gasteiger partial charge in [0, 0.05) is 30.9 Å². The molecule has 0 aliphatic heterocycles. The number of amides is 1. The zero-order chi connectivity index (χ0) is 24.0. The van der Waals surface area contributed by atoms with Crippen LogP contribution in [0, 0.1) is 0 Å². The number of nitrogens with zero attached hydrogens (tertiary/aromatic N) is 1. The molecule has 0 atom stereocenters. The van der Waals surface area contributed by atoms with Crippen LogP contribution in [0.5, 0.6) is 0 Å². The second-order valence-corrected chi connectivity index (χ2v) is 11.0. The van der Waals surface area contributed by atoms with E-state index in [0.29, 0.717) is 28.6 Å². The molecule has 1 aliphatic carbocycles. The lowest BCUT2D eigenvalue weighted by molar-refractivity contribution is 0.0951. The zero-order valence-corrected chi connectivity index (χ0v) is 20.4. The van der Waals surface area contributed by atoms with Crippen LogP contribution in [0.1, 0.15) is 53.6 Å². The van der Waals surface area contributed by atoms with Crippen molar-refractivity contribution in [3.8, 4) is 0 Å². The second-order valence-electron chi connectivity index (χ2n) is 9.02. The number of carbonyl (C=O) groups is 1. The summed E-state index contributed by atoms with van der Waals surface area (Å²) in [4.78, 5) is 15.3. The summed E-state index contributed by atoms with van der Waals surface area (Å²) < 4.78 is 25.1. The van der Waals surface area contributed by atoms with Crippen molar-refractivity contribution in [1.82, 2.24) is 5.32 Å². The highest BCUT2D eigenvalue weighted by Crippen LogP contribution is 2.26. The zero-order valence-electron chi connectivity index (χ0n) is 19.6. The average molecular weight is 477 g/mol. The Bertz CT molecular complexity index is 1180. The lowest BCUT2D eigenvalue weighted by Gasteiger charge is -2.33. The van der Waals surface area contributed by atoms with Crippen LogP contribution in [0.25, 0.3) is 0 Å². The van der Waals surface area contributed by atoms with Crippen LogP contribution in [0.15, 0.2) is 83.8 Å². The third kappa shape index (κ3) is 6.06. The first-order valence-electron chi connectivity index (χ1n) is 11.9. The molecule has 0 spiro atoms. The predicted octanol–water partition coefficient (Wildman–Crippen LogP) is 5.36. The van der Waals surface area contributed by atoms with Crippen molar-refractivity contribution < 1.29 is 13.2 Å². The van der Waals surface area contributed by atoms with E-state index in [4.69, 9.17) is 0 Å². The van der Waals surface area contributed by atoms with Crippen LogP contribution in [0.3, 0.4) is 0 Å². The van der Waals surface area contributed by atoms with Crippen molar-refractivity contribution in [2.75, 3.05) is 11.9 Å². The number of hydrogen-bond acceptors (Lipinski definition) is 4. The van der Waals surface area contributed by atoms with Gasteiger partial charge in [-0.25, -0.2) is 8.42 Å². The van der Waals surface area contributed by atoms with Crippen molar-refractivity contribution in [2.45, 2.75) is 55.3 Å². The normalized spacial score (nSPS) is 14.5. The minimum Gasteiger partial charge on any atom is -0.372 e. The molecule has 1 saturated carbocycles. The van der Waals surface area contributed by atoms with Gasteiger partial charge in [-0.2, -0.15) is 0 Å². The summed E-state index contributed by atoms with van der Waals surface area (Å²) in [5.41, 5.74) is 3.41. The van der Waals surface area contributed by atoms with Gasteiger partial charge in [-0.1, -0.05) is 61.7 Å². The summed E-state index contributed by atoms with van der Waals surface area (Å²) in [6.07, 6.45) is 6.47. The number of hydrogen-bond donors (Lipinski definition) is 1. The van der Waals surface area contributed by atoms with E-state index in [1.807, 2.05) is 0 Å². The molecule has 0 saturated heterocycles. The van der Waals surface area contributed by atoms with Crippen LogP contribution < -0.4 is 10.2 Å². The Morgan fingerprint density at radius 3 is 2.12 bits per heavy atom. The molecular weight excluding hydrogens is 444 g/mol. The van der Waals surface area contributed by atoms with Crippen molar-refractivity contribution in [3.05, 3.63) is 95.6 Å². The number of sulfone groups is 1. The number of nitrogens with one attached hydrogen (secondary N) is 1. The van der Waals surface area contributed by atoms with Gasteiger partial charge in [-0.15, -0.1) is 0 Å². The molecule has 5 nitrogen and oxygen atoms in total. The number of benzene rings is 3. The van der Waals surface area contributed by atoms with Crippen molar-refractivity contribution in [1.29, 1.82) is 0 Å². The quantitative estimate of drug-likeness (QED) is 0.475. The lowest BCUT2D eigenvalue weighted by Crippen LogP contribution is -2.33. The molecule has 178 valence electrons. The smallest absolute Gasteiger partial charge is 0.251 e. The lowest BCUT2D eigenvalue weighted by atomic mass is 9.94. The third-order valence-corrected chi connectivity index (χ3v) is 8.30. The minimum absolute atomic E-state index is 0.0967. The standard InChI is InChI=1S/C28H32N2O3S/c1-30(25-8-4-2-5-9-25)26-18-14-22(15-19-26)20-29-28(31)24-16-12-23(13-17-24)21-34(32,33)27-10-6-3-7-11-27/h3,6-7,10-19,25H,2,4-5,8-9,20-21H2,1H3,(H,29,31). The fraction of sp³-hybridized carbons (Fsp3) is 0.321. The molecule has 1 aliphatic rings. The van der Waals surface area contributed by atoms with Gasteiger partial charge in [0.05, 0.1) is 10.6 Å². The number of carbonyl (C=O) groups excluding carboxylic acids is 1. The molecule has 6 heteroatoms. The van der Waals surface area contributed by atoms with Gasteiger partial charge in [-0.05, 0) is 60.4 Å². The fourth-order valence-electron chi connectivity index (χ4n) is 4.50. The molecule has 0 heterocycles. The number of rotatable bonds is 8. The summed E-state index contributed by atoms with van der Waals surface area (Å²) in [7, 11) is -1.25. The molecule has 0 unspecified atom stereocenters. The van der Waals surface area contributed by atoms with Gasteiger partial charge in [0.25, 0.3) is 5.91 Å². The van der Waals surface area contributed by atoms with E-state index in [1.54, 1.807) is 54.6 Å². The Hall–Kier alpha value is -3.12. The second kappa shape index (κ2) is 10.9. The molecule has 0 aromatic heterocycles. The monoisotopic (exact) mass is 476 g/mol. The van der Waals surface area contributed by atoms with Crippen LogP contribution >= 0.6 is 0 Å². The molecule has 3 aromatic carbocycles. The maximum absolute atomic E-state index is 12.6.